The second kappa shape index (κ2) is 6.37. The molecule has 0 atom stereocenters. The molecule has 0 saturated heterocycles. The van der Waals surface area contributed by atoms with Crippen molar-refractivity contribution in [1.82, 2.24) is 0 Å². The second-order valence-electron chi connectivity index (χ2n) is 5.16. The third kappa shape index (κ3) is 2.98. The van der Waals surface area contributed by atoms with Crippen LogP contribution in [0.4, 0.5) is 11.4 Å². The fourth-order valence-electron chi connectivity index (χ4n) is 2.35. The number of nitro benzene ring substituents is 1. The third-order valence-electron chi connectivity index (χ3n) is 3.54. The molecule has 24 heavy (non-hydrogen) atoms. The molecule has 2 aromatic rings. The molecule has 0 fully saturated rings. The van der Waals surface area contributed by atoms with E-state index in [1.165, 1.54) is 11.1 Å². The Morgan fingerprint density at radius 3 is 2.58 bits per heavy atom. The molecule has 1 amide bonds. The minimum absolute atomic E-state index is 0.0516. The van der Waals surface area contributed by atoms with E-state index in [9.17, 15) is 14.9 Å². The first-order chi connectivity index (χ1) is 11.5. The van der Waals surface area contributed by atoms with Crippen molar-refractivity contribution in [3.05, 3.63) is 74.3 Å². The zero-order valence-electron chi connectivity index (χ0n) is 12.6. The number of anilines is 1. The van der Waals surface area contributed by atoms with E-state index in [1.54, 1.807) is 37.3 Å². The van der Waals surface area contributed by atoms with Gasteiger partial charge >= 0.3 is 0 Å². The Morgan fingerprint density at radius 2 is 1.92 bits per heavy atom. The van der Waals surface area contributed by atoms with Crippen molar-refractivity contribution < 1.29 is 9.72 Å². The first-order valence-electron chi connectivity index (χ1n) is 7.08. The van der Waals surface area contributed by atoms with Crippen molar-refractivity contribution in [2.45, 2.75) is 6.92 Å². The summed E-state index contributed by atoms with van der Waals surface area (Å²) < 4.78 is 0.392. The van der Waals surface area contributed by atoms with Crippen LogP contribution in [0.2, 0.25) is 0 Å². The van der Waals surface area contributed by atoms with Gasteiger partial charge in [-0.2, -0.15) is 10.1 Å². The summed E-state index contributed by atoms with van der Waals surface area (Å²) in [5, 5.41) is 16.6. The van der Waals surface area contributed by atoms with Gasteiger partial charge in [-0.3, -0.25) is 14.9 Å². The van der Waals surface area contributed by atoms with Crippen LogP contribution >= 0.6 is 15.9 Å². The minimum Gasteiger partial charge on any atom is -0.267 e. The lowest BCUT2D eigenvalue weighted by Gasteiger charge is -2.11. The number of carbonyl (C=O) groups excluding carboxylic acids is 1. The molecule has 0 N–H and O–H groups in total. The van der Waals surface area contributed by atoms with E-state index in [4.69, 9.17) is 0 Å². The van der Waals surface area contributed by atoms with Gasteiger partial charge in [0.2, 0.25) is 0 Å². The van der Waals surface area contributed by atoms with Gasteiger partial charge in [0.25, 0.3) is 11.6 Å². The molecule has 0 aliphatic carbocycles. The van der Waals surface area contributed by atoms with Gasteiger partial charge in [-0.1, -0.05) is 24.3 Å². The lowest BCUT2D eigenvalue weighted by atomic mass is 10.1. The van der Waals surface area contributed by atoms with E-state index in [1.807, 2.05) is 18.2 Å². The highest BCUT2D eigenvalue weighted by atomic mass is 79.9. The van der Waals surface area contributed by atoms with Crippen LogP contribution in [0.5, 0.6) is 0 Å². The predicted octanol–water partition coefficient (Wildman–Crippen LogP) is 4.16. The summed E-state index contributed by atoms with van der Waals surface area (Å²) in [6, 6.07) is 13.8. The third-order valence-corrected chi connectivity index (χ3v) is 4.21. The topological polar surface area (TPSA) is 75.8 Å². The molecular formula is C17H12BrN3O3. The molecule has 120 valence electrons. The Hall–Kier alpha value is -2.80. The van der Waals surface area contributed by atoms with Gasteiger partial charge in [0.1, 0.15) is 0 Å². The van der Waals surface area contributed by atoms with Gasteiger partial charge in [0, 0.05) is 6.07 Å². The van der Waals surface area contributed by atoms with Crippen molar-refractivity contribution in [2.24, 2.45) is 5.10 Å². The maximum Gasteiger partial charge on any atom is 0.284 e. The number of amides is 1. The highest BCUT2D eigenvalue weighted by Gasteiger charge is 2.28. The van der Waals surface area contributed by atoms with Gasteiger partial charge in [-0.05, 0) is 52.7 Å². The van der Waals surface area contributed by atoms with Crippen molar-refractivity contribution in [3.63, 3.8) is 0 Å². The number of nitro groups is 1. The van der Waals surface area contributed by atoms with Crippen molar-refractivity contribution >= 4 is 45.0 Å². The number of rotatable bonds is 3. The van der Waals surface area contributed by atoms with Crippen LogP contribution in [-0.2, 0) is 4.79 Å². The van der Waals surface area contributed by atoms with Gasteiger partial charge in [0.05, 0.1) is 26.4 Å². The molecule has 0 bridgehead atoms. The molecule has 0 unspecified atom stereocenters. The van der Waals surface area contributed by atoms with E-state index in [-0.39, 0.29) is 11.6 Å². The average Bonchev–Trinajstić information content (AvgIpc) is 2.85. The number of para-hydroxylation sites is 1. The Morgan fingerprint density at radius 1 is 1.21 bits per heavy atom. The Kier molecular flexibility index (Phi) is 4.26. The number of hydrazone groups is 1. The molecule has 1 heterocycles. The van der Waals surface area contributed by atoms with Gasteiger partial charge in [0.15, 0.2) is 0 Å². The quantitative estimate of drug-likeness (QED) is 0.452. The fourth-order valence-corrected chi connectivity index (χ4v) is 2.75. The van der Waals surface area contributed by atoms with Crippen LogP contribution in [-0.4, -0.2) is 16.5 Å². The highest BCUT2D eigenvalue weighted by molar-refractivity contribution is 9.10. The molecule has 1 aliphatic heterocycles. The number of nitrogens with zero attached hydrogens (tertiary/aromatic N) is 3. The molecule has 0 saturated carbocycles. The van der Waals surface area contributed by atoms with Crippen LogP contribution in [0.3, 0.4) is 0 Å². The normalized spacial score (nSPS) is 15.8. The summed E-state index contributed by atoms with van der Waals surface area (Å²) in [6.45, 7) is 1.74. The molecule has 0 aromatic heterocycles. The lowest BCUT2D eigenvalue weighted by Crippen LogP contribution is -2.21. The monoisotopic (exact) mass is 385 g/mol. The summed E-state index contributed by atoms with van der Waals surface area (Å²) >= 11 is 3.15. The maximum atomic E-state index is 12.6. The Labute approximate surface area is 146 Å². The van der Waals surface area contributed by atoms with Crippen molar-refractivity contribution in [3.8, 4) is 0 Å². The predicted molar refractivity (Wildman–Crippen MR) is 95.8 cm³/mol. The molecular weight excluding hydrogens is 374 g/mol. The molecule has 0 spiro atoms. The SMILES string of the molecule is CC1=NN(c2ccccc2)C(=O)/C1=C/c1ccc(Br)c([N+](=O)[O-])c1. The lowest BCUT2D eigenvalue weighted by molar-refractivity contribution is -0.385. The zero-order chi connectivity index (χ0) is 17.3. The molecule has 2 aromatic carbocycles. The number of hydrogen-bond donors (Lipinski definition) is 0. The minimum atomic E-state index is -0.472. The summed E-state index contributed by atoms with van der Waals surface area (Å²) in [6.07, 6.45) is 1.61. The molecule has 1 aliphatic rings. The van der Waals surface area contributed by atoms with Crippen LogP contribution in [0.1, 0.15) is 12.5 Å². The molecule has 7 heteroatoms. The molecule has 6 nitrogen and oxygen atoms in total. The smallest absolute Gasteiger partial charge is 0.267 e. The second-order valence-corrected chi connectivity index (χ2v) is 6.02. The number of benzene rings is 2. The number of carbonyl (C=O) groups is 1. The summed E-state index contributed by atoms with van der Waals surface area (Å²) in [4.78, 5) is 23.2. The van der Waals surface area contributed by atoms with E-state index >= 15 is 0 Å². The van der Waals surface area contributed by atoms with Crippen molar-refractivity contribution in [2.75, 3.05) is 5.01 Å². The number of hydrogen-bond acceptors (Lipinski definition) is 4. The van der Waals surface area contributed by atoms with Gasteiger partial charge in [-0.15, -0.1) is 0 Å². The van der Waals surface area contributed by atoms with Crippen molar-refractivity contribution in [1.29, 1.82) is 0 Å². The molecule has 0 radical (unpaired) electrons. The van der Waals surface area contributed by atoms with Crippen LogP contribution in [0.15, 0.2) is 63.7 Å². The fraction of sp³-hybridized carbons (Fsp3) is 0.0588. The highest BCUT2D eigenvalue weighted by Crippen LogP contribution is 2.28. The van der Waals surface area contributed by atoms with Gasteiger partial charge < -0.3 is 0 Å². The first-order valence-corrected chi connectivity index (χ1v) is 7.87. The summed E-state index contributed by atoms with van der Waals surface area (Å²) in [7, 11) is 0. The van der Waals surface area contributed by atoms with E-state index in [0.29, 0.717) is 27.0 Å². The Bertz CT molecular complexity index is 891. The van der Waals surface area contributed by atoms with Crippen LogP contribution in [0, 0.1) is 10.1 Å². The first kappa shape index (κ1) is 16.1. The Balaban J connectivity index is 1.97. The van der Waals surface area contributed by atoms with E-state index in [2.05, 4.69) is 21.0 Å². The van der Waals surface area contributed by atoms with E-state index < -0.39 is 4.92 Å². The summed E-state index contributed by atoms with van der Waals surface area (Å²) in [5.41, 5.74) is 2.17. The molecule has 3 rings (SSSR count). The van der Waals surface area contributed by atoms with E-state index in [0.717, 1.165) is 0 Å². The zero-order valence-corrected chi connectivity index (χ0v) is 14.2. The maximum absolute atomic E-state index is 12.6. The number of halogens is 1. The van der Waals surface area contributed by atoms with Crippen LogP contribution in [0.25, 0.3) is 6.08 Å². The standard InChI is InChI=1S/C17H12BrN3O3/c1-11-14(9-12-7-8-15(18)16(10-12)21(23)24)17(22)20(19-11)13-5-3-2-4-6-13/h2-10H,1H3/b14-9+. The van der Waals surface area contributed by atoms with Gasteiger partial charge in [-0.25, -0.2) is 0 Å². The average molecular weight is 386 g/mol. The summed E-state index contributed by atoms with van der Waals surface area (Å²) in [5.74, 6) is -0.260. The van der Waals surface area contributed by atoms with Crippen LogP contribution < -0.4 is 5.01 Å². The largest absolute Gasteiger partial charge is 0.284 e.